The van der Waals surface area contributed by atoms with Crippen LogP contribution in [0.2, 0.25) is 0 Å². The minimum atomic E-state index is -5.39. The predicted molar refractivity (Wildman–Crippen MR) is 160 cm³/mol. The molecule has 1 aliphatic heterocycles. The minimum absolute atomic E-state index is 0.0364. The van der Waals surface area contributed by atoms with Crippen molar-refractivity contribution in [1.82, 2.24) is 20.1 Å². The zero-order valence-electron chi connectivity index (χ0n) is 25.6. The summed E-state index contributed by atoms with van der Waals surface area (Å²) in [5.74, 6) is -1.60. The Bertz CT molecular complexity index is 1890. The molecule has 0 radical (unpaired) electrons. The van der Waals surface area contributed by atoms with Crippen LogP contribution in [-0.2, 0) is 15.8 Å². The molecule has 2 aromatic carbocycles. The molecule has 1 saturated carbocycles. The molecule has 6 rings (SSSR count). The number of aromatic nitrogens is 3. The summed E-state index contributed by atoms with van der Waals surface area (Å²) in [5.41, 5.74) is -0.332. The average Bonchev–Trinajstić information content (AvgIpc) is 3.72. The van der Waals surface area contributed by atoms with Crippen molar-refractivity contribution in [2.75, 3.05) is 26.9 Å². The number of halogens is 5. The number of amides is 2. The highest BCUT2D eigenvalue weighted by Gasteiger charge is 2.57. The number of ether oxygens (including phenoxy) is 3. The largest absolute Gasteiger partial charge is 0.494 e. The number of carbonyl (C=O) groups is 2. The summed E-state index contributed by atoms with van der Waals surface area (Å²) in [6.07, 6.45) is -4.50. The normalized spacial score (nSPS) is 18.7. The summed E-state index contributed by atoms with van der Waals surface area (Å²) in [5, 5.41) is 18.6. The first-order valence-corrected chi connectivity index (χ1v) is 14.8. The molecule has 3 heterocycles. The van der Waals surface area contributed by atoms with Crippen LogP contribution in [0.25, 0.3) is 22.2 Å². The van der Waals surface area contributed by atoms with E-state index in [9.17, 15) is 36.6 Å². The van der Waals surface area contributed by atoms with Crippen molar-refractivity contribution in [3.05, 3.63) is 65.5 Å². The summed E-state index contributed by atoms with van der Waals surface area (Å²) in [6, 6.07) is 9.21. The number of methoxy groups -OCH3 is 1. The lowest BCUT2D eigenvalue weighted by Gasteiger charge is -2.31. The molecule has 2 atom stereocenters. The lowest BCUT2D eigenvalue weighted by atomic mass is 9.81. The number of carbonyl (C=O) groups excluding carboxylic acids is 2. The van der Waals surface area contributed by atoms with E-state index in [-0.39, 0.29) is 52.3 Å². The Morgan fingerprint density at radius 3 is 2.50 bits per heavy atom. The number of hydrogen-bond donors (Lipinski definition) is 3. The first-order valence-electron chi connectivity index (χ1n) is 14.8. The summed E-state index contributed by atoms with van der Waals surface area (Å²) in [7, 11) is 1.37. The van der Waals surface area contributed by atoms with Crippen LogP contribution in [0.1, 0.15) is 47.4 Å². The van der Waals surface area contributed by atoms with Gasteiger partial charge in [-0.25, -0.2) is 13.8 Å². The zero-order chi connectivity index (χ0) is 34.6. The third kappa shape index (κ3) is 5.84. The lowest BCUT2D eigenvalue weighted by Crippen LogP contribution is -2.51. The summed E-state index contributed by atoms with van der Waals surface area (Å²) >= 11 is 0. The third-order valence-corrected chi connectivity index (χ3v) is 8.51. The van der Waals surface area contributed by atoms with Crippen molar-refractivity contribution in [2.45, 2.75) is 49.4 Å². The van der Waals surface area contributed by atoms with Gasteiger partial charge in [-0.1, -0.05) is 0 Å². The van der Waals surface area contributed by atoms with Gasteiger partial charge in [-0.15, -0.1) is 0 Å². The Morgan fingerprint density at radius 2 is 1.90 bits per heavy atom. The Kier molecular flexibility index (Phi) is 8.17. The number of alkyl halides is 5. The van der Waals surface area contributed by atoms with Crippen molar-refractivity contribution >= 4 is 22.7 Å². The van der Waals surface area contributed by atoms with Gasteiger partial charge in [-0.05, 0) is 62.2 Å². The Hall–Kier alpha value is -4.99. The molecule has 4 aromatic rings. The molecule has 4 N–H and O–H groups in total. The molecule has 0 bridgehead atoms. The van der Waals surface area contributed by atoms with Crippen LogP contribution in [0.3, 0.4) is 0 Å². The van der Waals surface area contributed by atoms with Crippen LogP contribution < -0.4 is 25.3 Å². The van der Waals surface area contributed by atoms with Crippen LogP contribution in [-0.4, -0.2) is 71.2 Å². The highest BCUT2D eigenvalue weighted by atomic mass is 19.4. The van der Waals surface area contributed by atoms with Gasteiger partial charge in [0.25, 0.3) is 12.3 Å². The van der Waals surface area contributed by atoms with Crippen molar-refractivity contribution in [3.8, 4) is 28.5 Å². The van der Waals surface area contributed by atoms with Gasteiger partial charge in [0.1, 0.15) is 47.1 Å². The van der Waals surface area contributed by atoms with Crippen LogP contribution in [0.15, 0.2) is 48.7 Å². The maximum Gasteiger partial charge on any atom is 0.424 e. The molecule has 2 aliphatic rings. The molecule has 254 valence electrons. The number of nitrogens with two attached hydrogens (primary N) is 1. The Labute approximate surface area is 269 Å². The SMILES string of the molecule is COc1cc(C(=O)NC[C@](O)(c2cc3c(c(-c4ccc(OCC(F)F)cc4)n2)OC[C@]3(C)C(N)=O)C(F)(F)F)cc2cn(C3CC3)nc12. The Balaban J connectivity index is 1.37. The van der Waals surface area contributed by atoms with Gasteiger partial charge in [-0.3, -0.25) is 14.3 Å². The molecule has 1 aliphatic carbocycles. The predicted octanol–water partition coefficient (Wildman–Crippen LogP) is 4.40. The van der Waals surface area contributed by atoms with Gasteiger partial charge in [0, 0.05) is 28.3 Å². The first-order chi connectivity index (χ1) is 22.6. The first kappa shape index (κ1) is 32.9. The molecule has 0 spiro atoms. The summed E-state index contributed by atoms with van der Waals surface area (Å²) < 4.78 is 87.5. The van der Waals surface area contributed by atoms with Gasteiger partial charge >= 0.3 is 6.18 Å². The van der Waals surface area contributed by atoms with Crippen molar-refractivity contribution in [2.24, 2.45) is 5.73 Å². The molecule has 2 aromatic heterocycles. The van der Waals surface area contributed by atoms with E-state index < -0.39 is 54.3 Å². The molecular formula is C32H30F5N5O6. The smallest absolute Gasteiger partial charge is 0.424 e. The van der Waals surface area contributed by atoms with Crippen molar-refractivity contribution in [3.63, 3.8) is 0 Å². The second kappa shape index (κ2) is 11.9. The number of pyridine rings is 1. The highest BCUT2D eigenvalue weighted by Crippen LogP contribution is 2.48. The standard InChI is InChI=1S/C32H30F5N5O6/c1-30(29(38)44)15-48-27-21(30)11-23(40-26(27)16-3-7-20(8-4-16)47-13-24(33)34)31(45,32(35,36)37)14-39-28(43)17-9-18-12-42(19-5-6-19)41-25(18)22(10-17)46-2/h3-4,7-12,19,24,45H,5-6,13-15H2,1-2H3,(H2,38,44)(H,39,43)/t30-,31-/m0/s1. The van der Waals surface area contributed by atoms with E-state index in [4.69, 9.17) is 19.9 Å². The molecule has 16 heteroatoms. The van der Waals surface area contributed by atoms with E-state index in [1.165, 1.54) is 50.4 Å². The van der Waals surface area contributed by atoms with E-state index in [2.05, 4.69) is 15.4 Å². The fourth-order valence-electron chi connectivity index (χ4n) is 5.44. The second-order valence-electron chi connectivity index (χ2n) is 11.9. The van der Waals surface area contributed by atoms with Crippen molar-refractivity contribution in [1.29, 1.82) is 0 Å². The monoisotopic (exact) mass is 675 g/mol. The number of primary amides is 1. The molecule has 1 fully saturated rings. The molecular weight excluding hydrogens is 645 g/mol. The summed E-state index contributed by atoms with van der Waals surface area (Å²) in [6.45, 7) is -1.19. The van der Waals surface area contributed by atoms with Gasteiger partial charge in [-0.2, -0.15) is 18.3 Å². The zero-order valence-corrected chi connectivity index (χ0v) is 25.6. The van der Waals surface area contributed by atoms with Gasteiger partial charge < -0.3 is 30.4 Å². The third-order valence-electron chi connectivity index (χ3n) is 8.51. The molecule has 0 saturated heterocycles. The molecule has 48 heavy (non-hydrogen) atoms. The molecule has 0 unspecified atom stereocenters. The Morgan fingerprint density at radius 1 is 1.19 bits per heavy atom. The quantitative estimate of drug-likeness (QED) is 0.198. The topological polar surface area (TPSA) is 151 Å². The van der Waals surface area contributed by atoms with E-state index >= 15 is 0 Å². The van der Waals surface area contributed by atoms with E-state index in [0.717, 1.165) is 18.9 Å². The fourth-order valence-corrected chi connectivity index (χ4v) is 5.44. The highest BCUT2D eigenvalue weighted by molar-refractivity contribution is 6.00. The number of nitrogens with one attached hydrogen (secondary N) is 1. The van der Waals surface area contributed by atoms with E-state index in [0.29, 0.717) is 10.9 Å². The maximum absolute atomic E-state index is 14.8. The number of fused-ring (bicyclic) bond motifs is 2. The van der Waals surface area contributed by atoms with Crippen LogP contribution in [0, 0.1) is 0 Å². The summed E-state index contributed by atoms with van der Waals surface area (Å²) in [4.78, 5) is 29.9. The number of aliphatic hydroxyl groups is 1. The van der Waals surface area contributed by atoms with Gasteiger partial charge in [0.15, 0.2) is 0 Å². The maximum atomic E-state index is 14.8. The minimum Gasteiger partial charge on any atom is -0.494 e. The molecule has 2 amide bonds. The van der Waals surface area contributed by atoms with Gasteiger partial charge in [0.2, 0.25) is 11.5 Å². The average molecular weight is 676 g/mol. The van der Waals surface area contributed by atoms with Crippen LogP contribution in [0.4, 0.5) is 22.0 Å². The van der Waals surface area contributed by atoms with Crippen molar-refractivity contribution < 1.29 is 50.9 Å². The second-order valence-corrected chi connectivity index (χ2v) is 11.9. The molecule has 11 nitrogen and oxygen atoms in total. The van der Waals surface area contributed by atoms with E-state index in [1.54, 1.807) is 10.9 Å². The lowest BCUT2D eigenvalue weighted by molar-refractivity contribution is -0.265. The van der Waals surface area contributed by atoms with Crippen LogP contribution in [0.5, 0.6) is 17.2 Å². The number of rotatable bonds is 11. The van der Waals surface area contributed by atoms with Crippen LogP contribution >= 0.6 is 0 Å². The fraction of sp³-hybridized carbons (Fsp3) is 0.375. The number of benzene rings is 2. The van der Waals surface area contributed by atoms with Gasteiger partial charge in [0.05, 0.1) is 25.4 Å². The number of nitrogens with zero attached hydrogens (tertiary/aromatic N) is 3. The number of hydrogen-bond acceptors (Lipinski definition) is 8. The van der Waals surface area contributed by atoms with E-state index in [1.807, 2.05) is 0 Å².